The van der Waals surface area contributed by atoms with Crippen LogP contribution in [0, 0.1) is 13.8 Å². The van der Waals surface area contributed by atoms with Crippen LogP contribution < -0.4 is 16.2 Å². The average Bonchev–Trinajstić information content (AvgIpc) is 2.29. The fraction of sp³-hybridized carbons (Fsp3) is 0.385. The zero-order valence-electron chi connectivity index (χ0n) is 10.8. The van der Waals surface area contributed by atoms with Crippen molar-refractivity contribution in [3.63, 3.8) is 0 Å². The van der Waals surface area contributed by atoms with E-state index >= 15 is 0 Å². The monoisotopic (exact) mass is 249 g/mol. The van der Waals surface area contributed by atoms with Crippen LogP contribution in [0.4, 0.5) is 11.4 Å². The molecular formula is C13H17N2O3-. The molecule has 0 bridgehead atoms. The fourth-order valence-corrected chi connectivity index (χ4v) is 1.75. The number of carbonyl (C=O) groups is 2. The summed E-state index contributed by atoms with van der Waals surface area (Å²) in [5.74, 6) is -1.40. The van der Waals surface area contributed by atoms with Gasteiger partial charge < -0.3 is 21.0 Å². The first-order valence-electron chi connectivity index (χ1n) is 5.79. The van der Waals surface area contributed by atoms with Gasteiger partial charge in [-0.15, -0.1) is 0 Å². The van der Waals surface area contributed by atoms with E-state index in [-0.39, 0.29) is 17.2 Å². The van der Waals surface area contributed by atoms with E-state index in [1.807, 2.05) is 6.92 Å². The van der Waals surface area contributed by atoms with Crippen molar-refractivity contribution < 1.29 is 14.7 Å². The Bertz CT molecular complexity index is 495. The van der Waals surface area contributed by atoms with E-state index in [1.165, 1.54) is 6.07 Å². The Morgan fingerprint density at radius 1 is 1.33 bits per heavy atom. The molecule has 0 saturated heterocycles. The fourth-order valence-electron chi connectivity index (χ4n) is 1.75. The van der Waals surface area contributed by atoms with E-state index in [2.05, 4.69) is 5.32 Å². The summed E-state index contributed by atoms with van der Waals surface area (Å²) in [4.78, 5) is 22.5. The minimum Gasteiger partial charge on any atom is -0.545 e. The number of nitrogens with one attached hydrogen (secondary N) is 1. The Kier molecular flexibility index (Phi) is 4.31. The second kappa shape index (κ2) is 5.53. The molecule has 0 aliphatic rings. The van der Waals surface area contributed by atoms with Gasteiger partial charge in [0, 0.05) is 12.0 Å². The number of benzene rings is 1. The Morgan fingerprint density at radius 3 is 2.44 bits per heavy atom. The molecule has 0 aromatic heterocycles. The summed E-state index contributed by atoms with van der Waals surface area (Å²) in [6.45, 7) is 5.29. The van der Waals surface area contributed by atoms with Gasteiger partial charge in [-0.3, -0.25) is 4.79 Å². The normalized spacial score (nSPS) is 10.2. The first-order valence-corrected chi connectivity index (χ1v) is 5.79. The zero-order chi connectivity index (χ0) is 13.9. The van der Waals surface area contributed by atoms with Gasteiger partial charge in [-0.2, -0.15) is 0 Å². The van der Waals surface area contributed by atoms with E-state index in [9.17, 15) is 14.7 Å². The molecule has 0 heterocycles. The molecule has 0 saturated carbocycles. The first kappa shape index (κ1) is 14.0. The van der Waals surface area contributed by atoms with Crippen molar-refractivity contribution in [1.29, 1.82) is 0 Å². The summed E-state index contributed by atoms with van der Waals surface area (Å²) in [5, 5.41) is 13.6. The molecule has 3 N–H and O–H groups in total. The third-order valence-electron chi connectivity index (χ3n) is 2.89. The number of carboxylic acids is 1. The van der Waals surface area contributed by atoms with Crippen LogP contribution in [-0.2, 0) is 4.79 Å². The summed E-state index contributed by atoms with van der Waals surface area (Å²) in [7, 11) is 0. The predicted molar refractivity (Wildman–Crippen MR) is 68.2 cm³/mol. The molecule has 18 heavy (non-hydrogen) atoms. The van der Waals surface area contributed by atoms with Gasteiger partial charge in [0.2, 0.25) is 5.91 Å². The molecule has 98 valence electrons. The lowest BCUT2D eigenvalue weighted by Gasteiger charge is -2.17. The Balaban J connectivity index is 3.19. The molecule has 1 rings (SSSR count). The highest BCUT2D eigenvalue weighted by atomic mass is 16.4. The molecule has 0 spiro atoms. The van der Waals surface area contributed by atoms with Gasteiger partial charge in [0.25, 0.3) is 0 Å². The van der Waals surface area contributed by atoms with Crippen LogP contribution in [0.25, 0.3) is 0 Å². The molecular weight excluding hydrogens is 232 g/mol. The number of carbonyl (C=O) groups excluding carboxylic acids is 2. The highest BCUT2D eigenvalue weighted by molar-refractivity contribution is 5.98. The number of rotatable bonds is 4. The van der Waals surface area contributed by atoms with Crippen LogP contribution in [0.2, 0.25) is 0 Å². The molecule has 0 atom stereocenters. The summed E-state index contributed by atoms with van der Waals surface area (Å²) < 4.78 is 0. The summed E-state index contributed by atoms with van der Waals surface area (Å²) in [6, 6.07) is 1.32. The predicted octanol–water partition coefficient (Wildman–Crippen LogP) is 0.988. The summed E-state index contributed by atoms with van der Waals surface area (Å²) in [5.41, 5.74) is 7.75. The van der Waals surface area contributed by atoms with Crippen LogP contribution >= 0.6 is 0 Å². The maximum atomic E-state index is 11.6. The molecule has 5 nitrogen and oxygen atoms in total. The van der Waals surface area contributed by atoms with Gasteiger partial charge in [-0.1, -0.05) is 6.92 Å². The summed E-state index contributed by atoms with van der Waals surface area (Å²) >= 11 is 0. The number of aromatic carboxylic acids is 1. The Hall–Kier alpha value is -2.04. The second-order valence-corrected chi connectivity index (χ2v) is 4.22. The number of amides is 1. The maximum Gasteiger partial charge on any atom is 0.224 e. The number of nitrogen functional groups attached to an aromatic ring is 1. The number of nitrogens with two attached hydrogens (primary N) is 1. The number of hydrogen-bond donors (Lipinski definition) is 2. The van der Waals surface area contributed by atoms with Crippen molar-refractivity contribution >= 4 is 23.3 Å². The van der Waals surface area contributed by atoms with E-state index in [1.54, 1.807) is 13.8 Å². The highest BCUT2D eigenvalue weighted by Gasteiger charge is 2.13. The number of carboxylic acid groups (broad SMARTS) is 1. The van der Waals surface area contributed by atoms with Crippen LogP contribution in [-0.4, -0.2) is 11.9 Å². The lowest BCUT2D eigenvalue weighted by molar-refractivity contribution is -0.255. The lowest BCUT2D eigenvalue weighted by Crippen LogP contribution is -2.24. The van der Waals surface area contributed by atoms with Crippen molar-refractivity contribution in [2.75, 3.05) is 11.1 Å². The SMILES string of the molecule is CCCC(=O)Nc1c(N)cc(C(=O)[O-])c(C)c1C. The van der Waals surface area contributed by atoms with Gasteiger partial charge in [-0.25, -0.2) is 0 Å². The van der Waals surface area contributed by atoms with Gasteiger partial charge in [0.1, 0.15) is 0 Å². The van der Waals surface area contributed by atoms with Crippen LogP contribution in [0.15, 0.2) is 6.07 Å². The molecule has 0 aliphatic carbocycles. The van der Waals surface area contributed by atoms with Crippen molar-refractivity contribution in [3.8, 4) is 0 Å². The molecule has 1 amide bonds. The largest absolute Gasteiger partial charge is 0.545 e. The summed E-state index contributed by atoms with van der Waals surface area (Å²) in [6.07, 6.45) is 1.14. The van der Waals surface area contributed by atoms with Gasteiger partial charge in [-0.05, 0) is 37.5 Å². The third-order valence-corrected chi connectivity index (χ3v) is 2.89. The van der Waals surface area contributed by atoms with E-state index in [4.69, 9.17) is 5.73 Å². The second-order valence-electron chi connectivity index (χ2n) is 4.22. The standard InChI is InChI=1S/C13H18N2O3/c1-4-5-11(16)15-12-8(3)7(2)9(13(17)18)6-10(12)14/h6H,4-5,14H2,1-3H3,(H,15,16)(H,17,18)/p-1. The van der Waals surface area contributed by atoms with E-state index in [0.29, 0.717) is 23.2 Å². The van der Waals surface area contributed by atoms with Crippen LogP contribution in [0.1, 0.15) is 41.3 Å². The first-order chi connectivity index (χ1) is 8.38. The minimum absolute atomic E-state index is 0.0542. The molecule has 0 radical (unpaired) electrons. The van der Waals surface area contributed by atoms with Gasteiger partial charge in [0.15, 0.2) is 0 Å². The zero-order valence-corrected chi connectivity index (χ0v) is 10.8. The topological polar surface area (TPSA) is 95.2 Å². The maximum absolute atomic E-state index is 11.6. The van der Waals surface area contributed by atoms with E-state index < -0.39 is 5.97 Å². The Labute approximate surface area is 106 Å². The molecule has 0 unspecified atom stereocenters. The van der Waals surface area contributed by atoms with Crippen LogP contribution in [0.3, 0.4) is 0 Å². The van der Waals surface area contributed by atoms with Gasteiger partial charge in [0.05, 0.1) is 17.3 Å². The van der Waals surface area contributed by atoms with E-state index in [0.717, 1.165) is 6.42 Å². The molecule has 1 aromatic rings. The molecule has 0 aliphatic heterocycles. The van der Waals surface area contributed by atoms with Crippen molar-refractivity contribution in [2.45, 2.75) is 33.6 Å². The molecule has 0 fully saturated rings. The quantitative estimate of drug-likeness (QED) is 0.778. The number of hydrogen-bond acceptors (Lipinski definition) is 4. The van der Waals surface area contributed by atoms with Crippen molar-refractivity contribution in [2.24, 2.45) is 0 Å². The van der Waals surface area contributed by atoms with Crippen LogP contribution in [0.5, 0.6) is 0 Å². The molecule has 1 aromatic carbocycles. The smallest absolute Gasteiger partial charge is 0.224 e. The lowest BCUT2D eigenvalue weighted by atomic mass is 10.00. The Morgan fingerprint density at radius 2 is 1.94 bits per heavy atom. The minimum atomic E-state index is -1.27. The van der Waals surface area contributed by atoms with Crippen molar-refractivity contribution in [3.05, 3.63) is 22.8 Å². The van der Waals surface area contributed by atoms with Crippen molar-refractivity contribution in [1.82, 2.24) is 0 Å². The average molecular weight is 249 g/mol. The van der Waals surface area contributed by atoms with Gasteiger partial charge >= 0.3 is 0 Å². The number of anilines is 2. The molecule has 5 heteroatoms. The third kappa shape index (κ3) is 2.80. The highest BCUT2D eigenvalue weighted by Crippen LogP contribution is 2.29.